The van der Waals surface area contributed by atoms with Crippen LogP contribution in [0.1, 0.15) is 25.0 Å². The second kappa shape index (κ2) is 8.34. The first-order valence-electron chi connectivity index (χ1n) is 9.77. The van der Waals surface area contributed by atoms with E-state index in [9.17, 15) is 9.59 Å². The van der Waals surface area contributed by atoms with Crippen molar-refractivity contribution >= 4 is 35.3 Å². The molecule has 0 radical (unpaired) electrons. The highest BCUT2D eigenvalue weighted by Gasteiger charge is 2.35. The van der Waals surface area contributed by atoms with Crippen LogP contribution >= 0.6 is 0 Å². The number of hydrogen-bond acceptors (Lipinski definition) is 6. The molecule has 1 N–H and O–H groups in total. The number of nitrogens with one attached hydrogen (secondary N) is 1. The van der Waals surface area contributed by atoms with Crippen LogP contribution in [0.4, 0.5) is 10.5 Å². The Morgan fingerprint density at radius 2 is 1.77 bits per heavy atom. The van der Waals surface area contributed by atoms with E-state index < -0.39 is 11.7 Å². The number of hydrogen-bond donors (Lipinski definition) is 1. The van der Waals surface area contributed by atoms with Crippen LogP contribution in [0.5, 0.6) is 0 Å². The molecule has 1 amide bonds. The number of rotatable bonds is 4. The average Bonchev–Trinajstić information content (AvgIpc) is 3.05. The minimum Gasteiger partial charge on any atom is -0.444 e. The Labute approximate surface area is 174 Å². The summed E-state index contributed by atoms with van der Waals surface area (Å²) in [5.41, 5.74) is 3.04. The smallest absolute Gasteiger partial charge is 0.444 e. The maximum atomic E-state index is 12.1. The minimum absolute atomic E-state index is 0.0498. The standard InChI is InChI=1S/C22H22BNO6/c1-13-10-21(25)28-20-11-18(8-9-19(13)20)24-22(26)27-12-16-4-6-17(7-5-16)23-29-14(2)15(3)30-23/h4-11,14-15H,12H2,1-3H3,(H,24,26). The van der Waals surface area contributed by atoms with E-state index in [1.807, 2.05) is 45.0 Å². The van der Waals surface area contributed by atoms with E-state index in [1.54, 1.807) is 18.2 Å². The van der Waals surface area contributed by atoms with Gasteiger partial charge in [-0.1, -0.05) is 24.3 Å². The average molecular weight is 407 g/mol. The SMILES string of the molecule is Cc1cc(=O)oc2cc(NC(=O)OCc3ccc(B4OC(C)C(C)O4)cc3)ccc12. The van der Waals surface area contributed by atoms with Gasteiger partial charge in [0.1, 0.15) is 12.2 Å². The van der Waals surface area contributed by atoms with Crippen LogP contribution in [-0.2, 0) is 20.7 Å². The van der Waals surface area contributed by atoms with Crippen molar-refractivity contribution in [2.24, 2.45) is 0 Å². The van der Waals surface area contributed by atoms with Crippen molar-refractivity contribution < 1.29 is 23.3 Å². The molecule has 0 bridgehead atoms. The monoisotopic (exact) mass is 407 g/mol. The number of carbonyl (C=O) groups excluding carboxylic acids is 1. The Hall–Kier alpha value is -3.10. The fourth-order valence-electron chi connectivity index (χ4n) is 3.28. The molecule has 1 fully saturated rings. The molecule has 1 saturated heterocycles. The van der Waals surface area contributed by atoms with E-state index in [-0.39, 0.29) is 25.9 Å². The van der Waals surface area contributed by atoms with E-state index in [1.165, 1.54) is 6.07 Å². The normalized spacial score (nSPS) is 18.6. The van der Waals surface area contributed by atoms with Crippen molar-refractivity contribution in [2.75, 3.05) is 5.32 Å². The second-order valence-corrected chi connectivity index (χ2v) is 7.42. The molecule has 2 aromatic carbocycles. The number of benzene rings is 2. The van der Waals surface area contributed by atoms with Gasteiger partial charge in [-0.05, 0) is 49.5 Å². The lowest BCUT2D eigenvalue weighted by Gasteiger charge is -2.09. The predicted octanol–water partition coefficient (Wildman–Crippen LogP) is 3.37. The topological polar surface area (TPSA) is 87.0 Å². The van der Waals surface area contributed by atoms with Gasteiger partial charge >= 0.3 is 18.8 Å². The van der Waals surface area contributed by atoms with Crippen LogP contribution in [0.15, 0.2) is 57.7 Å². The fourth-order valence-corrected chi connectivity index (χ4v) is 3.28. The van der Waals surface area contributed by atoms with Crippen molar-refractivity contribution in [3.8, 4) is 0 Å². The van der Waals surface area contributed by atoms with Crippen molar-refractivity contribution in [1.82, 2.24) is 0 Å². The number of anilines is 1. The van der Waals surface area contributed by atoms with Gasteiger partial charge in [0.05, 0.1) is 12.2 Å². The molecule has 0 saturated carbocycles. The molecule has 8 heteroatoms. The van der Waals surface area contributed by atoms with Crippen LogP contribution < -0.4 is 16.4 Å². The first-order valence-corrected chi connectivity index (χ1v) is 9.77. The lowest BCUT2D eigenvalue weighted by Crippen LogP contribution is -2.32. The zero-order chi connectivity index (χ0) is 21.3. The summed E-state index contributed by atoms with van der Waals surface area (Å²) in [6, 6.07) is 14.1. The largest absolute Gasteiger partial charge is 0.494 e. The summed E-state index contributed by atoms with van der Waals surface area (Å²) in [5, 5.41) is 3.46. The molecule has 2 heterocycles. The summed E-state index contributed by atoms with van der Waals surface area (Å²) >= 11 is 0. The lowest BCUT2D eigenvalue weighted by atomic mass is 9.79. The molecule has 2 atom stereocenters. The van der Waals surface area contributed by atoms with E-state index in [4.69, 9.17) is 18.5 Å². The summed E-state index contributed by atoms with van der Waals surface area (Å²) in [7, 11) is -0.371. The molecule has 1 aromatic heterocycles. The lowest BCUT2D eigenvalue weighted by molar-refractivity contribution is 0.155. The minimum atomic E-state index is -0.599. The van der Waals surface area contributed by atoms with Crippen LogP contribution in [0.25, 0.3) is 11.0 Å². The molecular weight excluding hydrogens is 385 g/mol. The third kappa shape index (κ3) is 4.40. The van der Waals surface area contributed by atoms with Crippen LogP contribution in [-0.4, -0.2) is 25.4 Å². The van der Waals surface area contributed by atoms with E-state index >= 15 is 0 Å². The van der Waals surface area contributed by atoms with Gasteiger partial charge in [-0.15, -0.1) is 0 Å². The molecule has 154 valence electrons. The van der Waals surface area contributed by atoms with Gasteiger partial charge in [-0.2, -0.15) is 0 Å². The molecule has 2 unspecified atom stereocenters. The maximum absolute atomic E-state index is 12.1. The Morgan fingerprint density at radius 1 is 1.07 bits per heavy atom. The van der Waals surface area contributed by atoms with Crippen LogP contribution in [0.3, 0.4) is 0 Å². The van der Waals surface area contributed by atoms with Crippen molar-refractivity contribution in [1.29, 1.82) is 0 Å². The summed E-state index contributed by atoms with van der Waals surface area (Å²) in [6.07, 6.45) is -0.499. The number of ether oxygens (including phenoxy) is 1. The Kier molecular flexibility index (Phi) is 5.61. The molecule has 0 spiro atoms. The van der Waals surface area contributed by atoms with Gasteiger partial charge in [-0.3, -0.25) is 5.32 Å². The number of fused-ring (bicyclic) bond motifs is 1. The summed E-state index contributed by atoms with van der Waals surface area (Å²) in [6.45, 7) is 5.91. The van der Waals surface area contributed by atoms with Crippen LogP contribution in [0, 0.1) is 6.92 Å². The van der Waals surface area contributed by atoms with E-state index in [2.05, 4.69) is 5.32 Å². The quantitative estimate of drug-likeness (QED) is 0.527. The first-order chi connectivity index (χ1) is 14.4. The van der Waals surface area contributed by atoms with Gasteiger partial charge in [-0.25, -0.2) is 9.59 Å². The molecule has 3 aromatic rings. The van der Waals surface area contributed by atoms with Gasteiger partial charge in [0.15, 0.2) is 0 Å². The summed E-state index contributed by atoms with van der Waals surface area (Å²) in [5.74, 6) is 0. The Balaban J connectivity index is 1.35. The molecular formula is C22H22BNO6. The molecule has 1 aliphatic rings. The van der Waals surface area contributed by atoms with Crippen molar-refractivity contribution in [3.63, 3.8) is 0 Å². The third-order valence-electron chi connectivity index (χ3n) is 5.16. The van der Waals surface area contributed by atoms with E-state index in [0.29, 0.717) is 11.3 Å². The number of carbonyl (C=O) groups is 1. The molecule has 30 heavy (non-hydrogen) atoms. The highest BCUT2D eigenvalue weighted by Crippen LogP contribution is 2.21. The third-order valence-corrected chi connectivity index (χ3v) is 5.16. The zero-order valence-corrected chi connectivity index (χ0v) is 17.0. The van der Waals surface area contributed by atoms with E-state index in [0.717, 1.165) is 22.0 Å². The van der Waals surface area contributed by atoms with Gasteiger partial charge in [0.2, 0.25) is 0 Å². The van der Waals surface area contributed by atoms with Crippen molar-refractivity contribution in [3.05, 3.63) is 70.1 Å². The van der Waals surface area contributed by atoms with Gasteiger partial charge in [0.25, 0.3) is 0 Å². The first kappa shape index (κ1) is 20.2. The molecule has 7 nitrogen and oxygen atoms in total. The Bertz CT molecular complexity index is 1120. The number of aryl methyl sites for hydroxylation is 1. The second-order valence-electron chi connectivity index (χ2n) is 7.42. The summed E-state index contributed by atoms with van der Waals surface area (Å²) in [4.78, 5) is 23.7. The zero-order valence-electron chi connectivity index (χ0n) is 17.0. The highest BCUT2D eigenvalue weighted by molar-refractivity contribution is 6.61. The van der Waals surface area contributed by atoms with Gasteiger partial charge in [0, 0.05) is 23.2 Å². The van der Waals surface area contributed by atoms with Gasteiger partial charge < -0.3 is 18.5 Å². The van der Waals surface area contributed by atoms with Crippen molar-refractivity contribution in [2.45, 2.75) is 39.6 Å². The predicted molar refractivity (Wildman–Crippen MR) is 114 cm³/mol. The molecule has 1 aliphatic heterocycles. The maximum Gasteiger partial charge on any atom is 0.494 e. The molecule has 4 rings (SSSR count). The molecule has 0 aliphatic carbocycles. The number of amides is 1. The Morgan fingerprint density at radius 3 is 2.47 bits per heavy atom. The fraction of sp³-hybridized carbons (Fsp3) is 0.273. The highest BCUT2D eigenvalue weighted by atomic mass is 16.7. The summed E-state index contributed by atoms with van der Waals surface area (Å²) < 4.78 is 22.0. The van der Waals surface area contributed by atoms with Crippen LogP contribution in [0.2, 0.25) is 0 Å².